The highest BCUT2D eigenvalue weighted by Gasteiger charge is 2.40. The molecule has 5 nitrogen and oxygen atoms in total. The number of ether oxygens (including phenoxy) is 3. The Hall–Kier alpha value is -1.91. The summed E-state index contributed by atoms with van der Waals surface area (Å²) in [4.78, 5) is 12.2. The maximum Gasteiger partial charge on any atom is 0.205 e. The average molecular weight is 251 g/mol. The van der Waals surface area contributed by atoms with E-state index in [4.69, 9.17) is 14.2 Å². The second-order valence-electron chi connectivity index (χ2n) is 4.65. The Labute approximate surface area is 106 Å². The van der Waals surface area contributed by atoms with Gasteiger partial charge in [-0.1, -0.05) is 0 Å². The minimum atomic E-state index is -0.646. The average Bonchev–Trinajstić information content (AvgIpc) is 2.58. The number of nitrogens with one attached hydrogen (secondary N) is 1. The van der Waals surface area contributed by atoms with Crippen LogP contribution in [0.1, 0.15) is 24.2 Å². The van der Waals surface area contributed by atoms with Crippen molar-refractivity contribution in [3.05, 3.63) is 11.6 Å². The third kappa shape index (κ3) is 1.58. The SMILES string of the molecule is COc1cc2c(c(OC)c1OC)NC(C)(C)C2=O. The van der Waals surface area contributed by atoms with Crippen LogP contribution >= 0.6 is 0 Å². The van der Waals surface area contributed by atoms with Crippen LogP contribution in [0.15, 0.2) is 6.07 Å². The zero-order valence-electron chi connectivity index (χ0n) is 11.2. The molecule has 0 aromatic heterocycles. The van der Waals surface area contributed by atoms with Gasteiger partial charge in [0.15, 0.2) is 17.3 Å². The number of fused-ring (bicyclic) bond motifs is 1. The summed E-state index contributed by atoms with van der Waals surface area (Å²) >= 11 is 0. The molecular weight excluding hydrogens is 234 g/mol. The second kappa shape index (κ2) is 4.08. The number of carbonyl (C=O) groups excluding carboxylic acids is 1. The van der Waals surface area contributed by atoms with Gasteiger partial charge < -0.3 is 19.5 Å². The Bertz CT molecular complexity index is 508. The van der Waals surface area contributed by atoms with E-state index >= 15 is 0 Å². The largest absolute Gasteiger partial charge is 0.493 e. The summed E-state index contributed by atoms with van der Waals surface area (Å²) in [5.41, 5.74) is 0.576. The molecule has 5 heteroatoms. The molecule has 0 saturated heterocycles. The van der Waals surface area contributed by atoms with Gasteiger partial charge in [-0.2, -0.15) is 0 Å². The molecular formula is C13H17NO4. The first kappa shape index (κ1) is 12.5. The highest BCUT2D eigenvalue weighted by atomic mass is 16.5. The fourth-order valence-electron chi connectivity index (χ4n) is 2.17. The number of hydrogen-bond donors (Lipinski definition) is 1. The Balaban J connectivity index is 2.71. The van der Waals surface area contributed by atoms with Gasteiger partial charge in [-0.15, -0.1) is 0 Å². The first-order chi connectivity index (χ1) is 8.46. The lowest BCUT2D eigenvalue weighted by Gasteiger charge is -2.18. The lowest BCUT2D eigenvalue weighted by molar-refractivity contribution is 0.0939. The molecule has 1 aliphatic rings. The lowest BCUT2D eigenvalue weighted by Crippen LogP contribution is -2.33. The fourth-order valence-corrected chi connectivity index (χ4v) is 2.17. The summed E-state index contributed by atoms with van der Waals surface area (Å²) < 4.78 is 15.9. The van der Waals surface area contributed by atoms with Gasteiger partial charge >= 0.3 is 0 Å². The van der Waals surface area contributed by atoms with E-state index < -0.39 is 5.54 Å². The molecule has 0 bridgehead atoms. The van der Waals surface area contributed by atoms with Crippen molar-refractivity contribution in [3.8, 4) is 17.2 Å². The number of methoxy groups -OCH3 is 3. The zero-order chi connectivity index (χ0) is 13.5. The van der Waals surface area contributed by atoms with Gasteiger partial charge in [0.25, 0.3) is 0 Å². The fraction of sp³-hybridized carbons (Fsp3) is 0.462. The van der Waals surface area contributed by atoms with Gasteiger partial charge in [-0.25, -0.2) is 0 Å². The highest BCUT2D eigenvalue weighted by Crippen LogP contribution is 2.49. The van der Waals surface area contributed by atoms with E-state index in [2.05, 4.69) is 5.32 Å². The molecule has 0 aliphatic carbocycles. The molecule has 1 aromatic carbocycles. The van der Waals surface area contributed by atoms with Crippen LogP contribution in [0.2, 0.25) is 0 Å². The summed E-state index contributed by atoms with van der Waals surface area (Å²) in [6, 6.07) is 1.68. The van der Waals surface area contributed by atoms with Crippen LogP contribution < -0.4 is 19.5 Å². The molecule has 0 atom stereocenters. The number of anilines is 1. The number of ketones is 1. The zero-order valence-corrected chi connectivity index (χ0v) is 11.2. The summed E-state index contributed by atoms with van der Waals surface area (Å²) in [5, 5.41) is 3.16. The van der Waals surface area contributed by atoms with E-state index in [1.54, 1.807) is 6.07 Å². The van der Waals surface area contributed by atoms with Crippen molar-refractivity contribution in [2.75, 3.05) is 26.6 Å². The normalized spacial score (nSPS) is 15.9. The Morgan fingerprint density at radius 2 is 1.67 bits per heavy atom. The third-order valence-electron chi connectivity index (χ3n) is 3.08. The molecule has 0 unspecified atom stereocenters. The molecule has 1 heterocycles. The smallest absolute Gasteiger partial charge is 0.205 e. The molecule has 0 spiro atoms. The Morgan fingerprint density at radius 1 is 1.06 bits per heavy atom. The third-order valence-corrected chi connectivity index (χ3v) is 3.08. The molecule has 0 fully saturated rings. The number of Topliss-reactive ketones (excluding diaryl/α,β-unsaturated/α-hetero) is 1. The summed E-state index contributed by atoms with van der Waals surface area (Å²) in [7, 11) is 4.60. The summed E-state index contributed by atoms with van der Waals surface area (Å²) in [5.74, 6) is 1.47. The van der Waals surface area contributed by atoms with E-state index in [0.29, 0.717) is 28.5 Å². The molecule has 1 N–H and O–H groups in total. The molecule has 0 radical (unpaired) electrons. The second-order valence-corrected chi connectivity index (χ2v) is 4.65. The van der Waals surface area contributed by atoms with Crippen LogP contribution in [0, 0.1) is 0 Å². The van der Waals surface area contributed by atoms with E-state index in [9.17, 15) is 4.79 Å². The molecule has 0 amide bonds. The van der Waals surface area contributed by atoms with Gasteiger partial charge in [0.1, 0.15) is 0 Å². The monoisotopic (exact) mass is 251 g/mol. The van der Waals surface area contributed by atoms with Crippen LogP contribution in [0.3, 0.4) is 0 Å². The highest BCUT2D eigenvalue weighted by molar-refractivity contribution is 6.14. The number of hydrogen-bond acceptors (Lipinski definition) is 5. The molecule has 0 saturated carbocycles. The molecule has 1 aliphatic heterocycles. The Morgan fingerprint density at radius 3 is 2.17 bits per heavy atom. The maximum atomic E-state index is 12.2. The first-order valence-electron chi connectivity index (χ1n) is 5.62. The van der Waals surface area contributed by atoms with Gasteiger partial charge in [0.05, 0.1) is 38.1 Å². The first-order valence-corrected chi connectivity index (χ1v) is 5.62. The van der Waals surface area contributed by atoms with Gasteiger partial charge in [-0.05, 0) is 19.9 Å². The van der Waals surface area contributed by atoms with Crippen LogP contribution in [0.25, 0.3) is 0 Å². The Kier molecular flexibility index (Phi) is 2.84. The molecule has 18 heavy (non-hydrogen) atoms. The van der Waals surface area contributed by atoms with Crippen molar-refractivity contribution in [3.63, 3.8) is 0 Å². The topological polar surface area (TPSA) is 56.8 Å². The number of carbonyl (C=O) groups is 1. The van der Waals surface area contributed by atoms with Crippen LogP contribution in [0.4, 0.5) is 5.69 Å². The summed E-state index contributed by atoms with van der Waals surface area (Å²) in [6.45, 7) is 3.65. The van der Waals surface area contributed by atoms with E-state index in [-0.39, 0.29) is 5.78 Å². The van der Waals surface area contributed by atoms with E-state index in [1.807, 2.05) is 13.8 Å². The van der Waals surface area contributed by atoms with E-state index in [0.717, 1.165) is 0 Å². The quantitative estimate of drug-likeness (QED) is 0.891. The van der Waals surface area contributed by atoms with Gasteiger partial charge in [0.2, 0.25) is 5.75 Å². The van der Waals surface area contributed by atoms with Gasteiger partial charge in [0, 0.05) is 0 Å². The number of benzene rings is 1. The van der Waals surface area contributed by atoms with Crippen molar-refractivity contribution in [2.45, 2.75) is 19.4 Å². The van der Waals surface area contributed by atoms with Crippen molar-refractivity contribution < 1.29 is 19.0 Å². The predicted octanol–water partition coefficient (Wildman–Crippen LogP) is 2.10. The van der Waals surface area contributed by atoms with Crippen molar-refractivity contribution in [1.82, 2.24) is 0 Å². The minimum Gasteiger partial charge on any atom is -0.493 e. The van der Waals surface area contributed by atoms with Crippen LogP contribution in [-0.2, 0) is 0 Å². The van der Waals surface area contributed by atoms with Crippen LogP contribution in [0.5, 0.6) is 17.2 Å². The van der Waals surface area contributed by atoms with Crippen molar-refractivity contribution >= 4 is 11.5 Å². The molecule has 1 aromatic rings. The maximum absolute atomic E-state index is 12.2. The lowest BCUT2D eigenvalue weighted by atomic mass is 9.98. The van der Waals surface area contributed by atoms with Crippen LogP contribution in [-0.4, -0.2) is 32.7 Å². The molecule has 2 rings (SSSR count). The number of rotatable bonds is 3. The predicted molar refractivity (Wildman–Crippen MR) is 68.1 cm³/mol. The van der Waals surface area contributed by atoms with E-state index in [1.165, 1.54) is 21.3 Å². The molecule has 98 valence electrons. The summed E-state index contributed by atoms with van der Waals surface area (Å²) in [6.07, 6.45) is 0. The van der Waals surface area contributed by atoms with Crippen molar-refractivity contribution in [1.29, 1.82) is 0 Å². The van der Waals surface area contributed by atoms with Gasteiger partial charge in [-0.3, -0.25) is 4.79 Å². The minimum absolute atomic E-state index is 0.0109. The standard InChI is InChI=1S/C13H17NO4/c1-13(2)12(15)7-6-8(16-3)10(17-4)11(18-5)9(7)14-13/h6,14H,1-5H3. The van der Waals surface area contributed by atoms with Crippen molar-refractivity contribution in [2.24, 2.45) is 0 Å².